The molecule has 0 amide bonds. The average Bonchev–Trinajstić information content (AvgIpc) is 2.92. The predicted molar refractivity (Wildman–Crippen MR) is 83.9 cm³/mol. The van der Waals surface area contributed by atoms with Gasteiger partial charge in [0.15, 0.2) is 0 Å². The monoisotopic (exact) mass is 378 g/mol. The molecule has 0 unspecified atom stereocenters. The van der Waals surface area contributed by atoms with Gasteiger partial charge in [-0.1, -0.05) is 18.2 Å². The summed E-state index contributed by atoms with van der Waals surface area (Å²) in [4.78, 5) is 11.8. The van der Waals surface area contributed by atoms with Crippen molar-refractivity contribution in [2.45, 2.75) is 6.54 Å². The number of nitrogens with zero attached hydrogens (tertiary/aromatic N) is 4. The molecule has 0 aliphatic rings. The van der Waals surface area contributed by atoms with E-state index in [0.29, 0.717) is 6.54 Å². The fourth-order valence-electron chi connectivity index (χ4n) is 1.87. The minimum Gasteiger partial charge on any atom is -0.268 e. The van der Waals surface area contributed by atoms with Gasteiger partial charge >= 0.3 is 0 Å². The van der Waals surface area contributed by atoms with Crippen molar-refractivity contribution in [2.75, 3.05) is 0 Å². The predicted octanol–water partition coefficient (Wildman–Crippen LogP) is 2.08. The number of aromatic nitrogens is 4. The van der Waals surface area contributed by atoms with Gasteiger partial charge in [0.2, 0.25) is 0 Å². The molecule has 0 saturated heterocycles. The van der Waals surface area contributed by atoms with Gasteiger partial charge in [0.05, 0.1) is 24.6 Å². The van der Waals surface area contributed by atoms with Gasteiger partial charge < -0.3 is 0 Å². The molecule has 0 N–H and O–H groups in total. The first-order chi connectivity index (χ1) is 9.72. The lowest BCUT2D eigenvalue weighted by molar-refractivity contribution is 0.636. The van der Waals surface area contributed by atoms with E-state index in [0.717, 1.165) is 14.8 Å². The van der Waals surface area contributed by atoms with Crippen LogP contribution in [0.2, 0.25) is 0 Å². The van der Waals surface area contributed by atoms with Crippen LogP contribution in [0.1, 0.15) is 5.56 Å². The summed E-state index contributed by atoms with van der Waals surface area (Å²) in [5, 5.41) is 8.42. The maximum atomic E-state index is 11.8. The van der Waals surface area contributed by atoms with Gasteiger partial charge in [0, 0.05) is 21.4 Å². The summed E-state index contributed by atoms with van der Waals surface area (Å²) in [6, 6.07) is 11.4. The Kier molecular flexibility index (Phi) is 3.64. The molecule has 0 bridgehead atoms. The summed E-state index contributed by atoms with van der Waals surface area (Å²) in [5.74, 6) is 0. The van der Waals surface area contributed by atoms with E-state index in [-0.39, 0.29) is 5.56 Å². The van der Waals surface area contributed by atoms with E-state index in [4.69, 9.17) is 0 Å². The zero-order valence-corrected chi connectivity index (χ0v) is 12.6. The number of rotatable bonds is 3. The van der Waals surface area contributed by atoms with Crippen LogP contribution in [0.3, 0.4) is 0 Å². The summed E-state index contributed by atoms with van der Waals surface area (Å²) < 4.78 is 4.05. The van der Waals surface area contributed by atoms with Gasteiger partial charge in [-0.05, 0) is 34.7 Å². The molecule has 5 nitrogen and oxygen atoms in total. The van der Waals surface area contributed by atoms with Gasteiger partial charge in [-0.15, -0.1) is 0 Å². The highest BCUT2D eigenvalue weighted by Gasteiger charge is 2.04. The molecule has 0 aliphatic carbocycles. The van der Waals surface area contributed by atoms with Crippen LogP contribution >= 0.6 is 22.6 Å². The molecule has 0 saturated carbocycles. The number of benzene rings is 1. The van der Waals surface area contributed by atoms with Crippen molar-refractivity contribution in [1.82, 2.24) is 19.6 Å². The fraction of sp³-hybridized carbons (Fsp3) is 0.0714. The highest BCUT2D eigenvalue weighted by atomic mass is 127. The lowest BCUT2D eigenvalue weighted by Gasteiger charge is -2.02. The summed E-state index contributed by atoms with van der Waals surface area (Å²) in [6.45, 7) is 0.419. The van der Waals surface area contributed by atoms with Gasteiger partial charge in [-0.25, -0.2) is 9.36 Å². The van der Waals surface area contributed by atoms with Gasteiger partial charge in [-0.3, -0.25) is 4.79 Å². The second-order valence-electron chi connectivity index (χ2n) is 4.30. The van der Waals surface area contributed by atoms with Crippen LogP contribution in [0.15, 0.2) is 59.8 Å². The first-order valence-corrected chi connectivity index (χ1v) is 7.12. The molecule has 0 atom stereocenters. The van der Waals surface area contributed by atoms with Crippen molar-refractivity contribution in [2.24, 2.45) is 0 Å². The number of hydrogen-bond acceptors (Lipinski definition) is 3. The summed E-state index contributed by atoms with van der Waals surface area (Å²) in [6.07, 6.45) is 5.32. The van der Waals surface area contributed by atoms with E-state index in [1.165, 1.54) is 4.68 Å². The van der Waals surface area contributed by atoms with Crippen LogP contribution in [0.4, 0.5) is 0 Å². The zero-order chi connectivity index (χ0) is 13.9. The molecule has 0 fully saturated rings. The number of halogens is 1. The third kappa shape index (κ3) is 2.79. The molecule has 3 aromatic rings. The zero-order valence-electron chi connectivity index (χ0n) is 10.5. The minimum atomic E-state index is -0.107. The Morgan fingerprint density at radius 3 is 2.65 bits per heavy atom. The third-order valence-electron chi connectivity index (χ3n) is 2.83. The van der Waals surface area contributed by atoms with Crippen LogP contribution in [0, 0.1) is 3.57 Å². The van der Waals surface area contributed by atoms with Crippen LogP contribution in [0.5, 0.6) is 0 Å². The van der Waals surface area contributed by atoms with Crippen molar-refractivity contribution in [3.05, 3.63) is 74.5 Å². The van der Waals surface area contributed by atoms with Crippen molar-refractivity contribution in [3.8, 4) is 5.69 Å². The molecule has 6 heteroatoms. The normalized spacial score (nSPS) is 10.7. The molecule has 1 aromatic carbocycles. The maximum absolute atomic E-state index is 11.8. The largest absolute Gasteiger partial charge is 0.268 e. The average molecular weight is 378 g/mol. The molecule has 0 spiro atoms. The first kappa shape index (κ1) is 13.0. The van der Waals surface area contributed by atoms with Crippen molar-refractivity contribution < 1.29 is 0 Å². The molecule has 2 aromatic heterocycles. The SMILES string of the molecule is O=c1cc(I)cnn1Cc1cnn(-c2ccccc2)c1. The van der Waals surface area contributed by atoms with E-state index >= 15 is 0 Å². The lowest BCUT2D eigenvalue weighted by atomic mass is 10.3. The quantitative estimate of drug-likeness (QED) is 0.656. The molecule has 100 valence electrons. The van der Waals surface area contributed by atoms with Crippen molar-refractivity contribution in [1.29, 1.82) is 0 Å². The van der Waals surface area contributed by atoms with E-state index in [1.807, 2.05) is 36.5 Å². The Morgan fingerprint density at radius 1 is 1.10 bits per heavy atom. The molecule has 0 aliphatic heterocycles. The Balaban J connectivity index is 1.86. The summed E-state index contributed by atoms with van der Waals surface area (Å²) in [5.41, 5.74) is 1.82. The number of hydrogen-bond donors (Lipinski definition) is 0. The maximum Gasteiger partial charge on any atom is 0.268 e. The number of para-hydroxylation sites is 1. The van der Waals surface area contributed by atoms with Crippen molar-refractivity contribution >= 4 is 22.6 Å². The van der Waals surface area contributed by atoms with E-state index in [1.54, 1.807) is 23.1 Å². The molecule has 20 heavy (non-hydrogen) atoms. The minimum absolute atomic E-state index is 0.107. The van der Waals surface area contributed by atoms with Crippen LogP contribution in [-0.2, 0) is 6.54 Å². The molecule has 0 radical (unpaired) electrons. The second-order valence-corrected chi connectivity index (χ2v) is 5.54. The van der Waals surface area contributed by atoms with Crippen LogP contribution in [-0.4, -0.2) is 19.6 Å². The van der Waals surface area contributed by atoms with Gasteiger partial charge in [-0.2, -0.15) is 10.2 Å². The smallest absolute Gasteiger partial charge is 0.268 e. The van der Waals surface area contributed by atoms with Gasteiger partial charge in [0.25, 0.3) is 5.56 Å². The third-order valence-corrected chi connectivity index (χ3v) is 3.42. The molecular weight excluding hydrogens is 367 g/mol. The fourth-order valence-corrected chi connectivity index (χ4v) is 2.26. The highest BCUT2D eigenvalue weighted by Crippen LogP contribution is 2.08. The Hall–Kier alpha value is -1.96. The standard InChI is InChI=1S/C14H11IN4O/c15-12-6-14(20)19(17-8-12)10-11-7-16-18(9-11)13-4-2-1-3-5-13/h1-9H,10H2. The van der Waals surface area contributed by atoms with Gasteiger partial charge in [0.1, 0.15) is 0 Å². The summed E-state index contributed by atoms with van der Waals surface area (Å²) >= 11 is 2.07. The Morgan fingerprint density at radius 2 is 1.90 bits per heavy atom. The van der Waals surface area contributed by atoms with E-state index < -0.39 is 0 Å². The molecule has 3 rings (SSSR count). The van der Waals surface area contributed by atoms with E-state index in [9.17, 15) is 4.79 Å². The first-order valence-electron chi connectivity index (χ1n) is 6.04. The highest BCUT2D eigenvalue weighted by molar-refractivity contribution is 14.1. The van der Waals surface area contributed by atoms with E-state index in [2.05, 4.69) is 32.8 Å². The Labute approximate surface area is 129 Å². The van der Waals surface area contributed by atoms with Crippen molar-refractivity contribution in [3.63, 3.8) is 0 Å². The summed E-state index contributed by atoms with van der Waals surface area (Å²) in [7, 11) is 0. The molecule has 2 heterocycles. The Bertz CT molecular complexity index is 779. The lowest BCUT2D eigenvalue weighted by Crippen LogP contribution is -2.22. The topological polar surface area (TPSA) is 52.7 Å². The molecular formula is C14H11IN4O. The second kappa shape index (κ2) is 5.58. The van der Waals surface area contributed by atoms with Crippen LogP contribution in [0.25, 0.3) is 5.69 Å². The van der Waals surface area contributed by atoms with Crippen LogP contribution < -0.4 is 5.56 Å².